The minimum absolute atomic E-state index is 0.198. The lowest BCUT2D eigenvalue weighted by atomic mass is 9.92. The molecule has 0 unspecified atom stereocenters. The predicted octanol–water partition coefficient (Wildman–Crippen LogP) is -3.15. The number of hydrogen-bond donors (Lipinski definition) is 13. The average molecular weight is 761 g/mol. The Morgan fingerprint density at radius 3 is 0.673 bits per heavy atom. The Morgan fingerprint density at radius 2 is 0.596 bits per heavy atom. The second-order valence-corrected chi connectivity index (χ2v) is 10.4. The van der Waals surface area contributed by atoms with Gasteiger partial charge in [-0.25, -0.2) is 24.0 Å². The molecule has 0 aliphatic rings. The summed E-state index contributed by atoms with van der Waals surface area (Å²) < 4.78 is 9.74. The van der Waals surface area contributed by atoms with Crippen LogP contribution in [0.5, 0.6) is 0 Å². The van der Waals surface area contributed by atoms with Crippen LogP contribution in [-0.2, 0) is 33.4 Å². The lowest BCUT2D eigenvalue weighted by Gasteiger charge is -2.28. The average Bonchev–Trinajstić information content (AvgIpc) is 3.15. The maximum Gasteiger partial charge on any atom is 0.333 e. The van der Waals surface area contributed by atoms with Crippen molar-refractivity contribution in [2.45, 2.75) is 13.8 Å². The van der Waals surface area contributed by atoms with E-state index in [-0.39, 0.29) is 24.4 Å². The third-order valence-electron chi connectivity index (χ3n) is 5.59. The number of rotatable bonds is 19. The Hall–Kier alpha value is -4.35. The van der Waals surface area contributed by atoms with Crippen LogP contribution in [-0.4, -0.2) is 176 Å². The van der Waals surface area contributed by atoms with Gasteiger partial charge < -0.3 is 75.9 Å². The van der Waals surface area contributed by atoms with E-state index >= 15 is 0 Å². The van der Waals surface area contributed by atoms with Crippen molar-refractivity contribution < 1.29 is 99.8 Å². The monoisotopic (exact) mass is 760 g/mol. The summed E-state index contributed by atoms with van der Waals surface area (Å²) in [5, 5.41) is 109. The number of carbonyl (C=O) groups is 5. The molecule has 0 radical (unpaired) electrons. The molecule has 13 N–H and O–H groups in total. The molecule has 0 spiro atoms. The lowest BCUT2D eigenvalue weighted by Crippen LogP contribution is -2.41. The summed E-state index contributed by atoms with van der Waals surface area (Å²) in [6.45, 7) is 13.8. The molecule has 0 aliphatic heterocycles. The van der Waals surface area contributed by atoms with Gasteiger partial charge in [-0.05, 0) is 13.8 Å². The van der Waals surface area contributed by atoms with E-state index in [1.807, 2.05) is 0 Å². The molecular weight excluding hydrogens is 704 g/mol. The second kappa shape index (κ2) is 36.4. The van der Waals surface area contributed by atoms with Crippen LogP contribution in [0.4, 0.5) is 0 Å². The number of ether oxygens (including phenoxy) is 2. The van der Waals surface area contributed by atoms with Crippen molar-refractivity contribution in [2.75, 3.05) is 79.3 Å². The first-order valence-corrected chi connectivity index (χ1v) is 14.4. The van der Waals surface area contributed by atoms with Crippen LogP contribution in [0.25, 0.3) is 0 Å². The minimum atomic E-state index is -1.24. The Balaban J connectivity index is -0.000000135. The molecular formula is C32H56O20. The van der Waals surface area contributed by atoms with E-state index in [1.165, 1.54) is 13.8 Å². The highest BCUT2D eigenvalue weighted by atomic mass is 16.6. The van der Waals surface area contributed by atoms with Gasteiger partial charge in [0.2, 0.25) is 0 Å². The van der Waals surface area contributed by atoms with Crippen LogP contribution in [0.3, 0.4) is 0 Å². The van der Waals surface area contributed by atoms with Crippen LogP contribution in [0, 0.1) is 16.2 Å². The van der Waals surface area contributed by atoms with Crippen molar-refractivity contribution >= 4 is 29.8 Å². The minimum Gasteiger partial charge on any atom is -0.478 e. The van der Waals surface area contributed by atoms with E-state index < -0.39 is 112 Å². The van der Waals surface area contributed by atoms with Crippen molar-refractivity contribution in [1.29, 1.82) is 0 Å². The molecule has 20 heteroatoms. The van der Waals surface area contributed by atoms with Crippen LogP contribution in [0.15, 0.2) is 62.3 Å². The van der Waals surface area contributed by atoms with Gasteiger partial charge in [0.25, 0.3) is 0 Å². The number of carbonyl (C=O) groups excluding carboxylic acids is 2. The molecule has 0 aliphatic carbocycles. The zero-order valence-corrected chi connectivity index (χ0v) is 29.4. The lowest BCUT2D eigenvalue weighted by molar-refractivity contribution is -0.154. The van der Waals surface area contributed by atoms with Crippen molar-refractivity contribution in [3.05, 3.63) is 62.3 Å². The van der Waals surface area contributed by atoms with Crippen LogP contribution < -0.4 is 0 Å². The van der Waals surface area contributed by atoms with Crippen molar-refractivity contribution in [2.24, 2.45) is 16.2 Å². The number of aliphatic hydroxyl groups is 10. The van der Waals surface area contributed by atoms with Crippen molar-refractivity contribution in [1.82, 2.24) is 0 Å². The first kappa shape index (κ1) is 59.8. The fourth-order valence-electron chi connectivity index (χ4n) is 1.56. The molecule has 0 amide bonds. The van der Waals surface area contributed by atoms with Gasteiger partial charge in [0.05, 0.1) is 82.3 Å². The highest BCUT2D eigenvalue weighted by molar-refractivity contribution is 5.87. The van der Waals surface area contributed by atoms with Crippen LogP contribution in [0.2, 0.25) is 0 Å². The predicted molar refractivity (Wildman–Crippen MR) is 183 cm³/mol. The zero-order valence-electron chi connectivity index (χ0n) is 29.4. The maximum absolute atomic E-state index is 11.3. The van der Waals surface area contributed by atoms with Gasteiger partial charge in [-0.3, -0.25) is 0 Å². The molecule has 52 heavy (non-hydrogen) atoms. The van der Waals surface area contributed by atoms with Crippen molar-refractivity contribution in [3.8, 4) is 0 Å². The van der Waals surface area contributed by atoms with Gasteiger partial charge >= 0.3 is 29.8 Å². The third-order valence-corrected chi connectivity index (χ3v) is 5.59. The quantitative estimate of drug-likeness (QED) is 0.0456. The molecule has 0 rings (SSSR count). The van der Waals surface area contributed by atoms with E-state index in [2.05, 4.69) is 32.9 Å². The molecule has 0 saturated heterocycles. The number of aliphatic carboxylic acids is 3. The summed E-state index contributed by atoms with van der Waals surface area (Å²) in [6, 6.07) is 0. The Labute approximate surface area is 301 Å². The van der Waals surface area contributed by atoms with Gasteiger partial charge in [-0.15, -0.1) is 0 Å². The molecule has 0 heterocycles. The van der Waals surface area contributed by atoms with Crippen LogP contribution in [0.1, 0.15) is 13.8 Å². The summed E-state index contributed by atoms with van der Waals surface area (Å²) in [4.78, 5) is 50.3. The van der Waals surface area contributed by atoms with E-state index in [0.717, 1.165) is 18.2 Å². The van der Waals surface area contributed by atoms with Gasteiger partial charge in [-0.2, -0.15) is 0 Å². The number of hydrogen-bond acceptors (Lipinski definition) is 17. The van der Waals surface area contributed by atoms with Crippen LogP contribution >= 0.6 is 0 Å². The summed E-state index contributed by atoms with van der Waals surface area (Å²) in [7, 11) is 0. The summed E-state index contributed by atoms with van der Waals surface area (Å²) in [5.41, 5.74) is -3.07. The molecule has 0 fully saturated rings. The summed E-state index contributed by atoms with van der Waals surface area (Å²) in [5.74, 6) is -4.23. The number of esters is 2. The SMILES string of the molecule is C=C(C)C(=O)OCC(CO)(CO)COC(=O)C(=C)C.C=CC(=O)O.C=CC(=O)O.C=CC(=O)O.OCC(CO)(CO)CO.OCC(CO)(CO)CO. The van der Waals surface area contributed by atoms with Gasteiger partial charge in [0.1, 0.15) is 13.2 Å². The molecule has 0 atom stereocenters. The molecule has 0 bridgehead atoms. The van der Waals surface area contributed by atoms with E-state index in [9.17, 15) is 34.2 Å². The first-order chi connectivity index (χ1) is 24.1. The highest BCUT2D eigenvalue weighted by Crippen LogP contribution is 2.18. The fourth-order valence-corrected chi connectivity index (χ4v) is 1.56. The van der Waals surface area contributed by atoms with E-state index in [4.69, 9.17) is 65.6 Å². The topological polar surface area (TPSA) is 367 Å². The Morgan fingerprint density at radius 1 is 0.442 bits per heavy atom. The first-order valence-electron chi connectivity index (χ1n) is 14.4. The molecule has 0 saturated carbocycles. The van der Waals surface area contributed by atoms with Gasteiger partial charge in [-0.1, -0.05) is 32.9 Å². The summed E-state index contributed by atoms with van der Waals surface area (Å²) in [6.07, 6.45) is 2.50. The second-order valence-electron chi connectivity index (χ2n) is 10.4. The smallest absolute Gasteiger partial charge is 0.333 e. The summed E-state index contributed by atoms with van der Waals surface area (Å²) >= 11 is 0. The highest BCUT2D eigenvalue weighted by Gasteiger charge is 2.33. The van der Waals surface area contributed by atoms with E-state index in [0.29, 0.717) is 0 Å². The van der Waals surface area contributed by atoms with Gasteiger partial charge in [0, 0.05) is 29.4 Å². The van der Waals surface area contributed by atoms with Crippen molar-refractivity contribution in [3.63, 3.8) is 0 Å². The molecule has 304 valence electrons. The third kappa shape index (κ3) is 34.1. The fraction of sp³-hybridized carbons (Fsp3) is 0.531. The number of aliphatic hydroxyl groups excluding tert-OH is 10. The van der Waals surface area contributed by atoms with Gasteiger partial charge in [0.15, 0.2) is 0 Å². The standard InChI is InChI=1S/C13H20O6.2C5H12O4.3C3H4O2/c1-9(2)11(16)18-7-13(5-14,6-15)8-19-12(17)10(3)4;2*6-1-5(2-7,3-8)4-9;3*1-2-3(4)5/h14-15H,1,3,5-8H2,2,4H3;2*6-9H,1-4H2;3*2H,1H2,(H,4,5). The number of carboxylic acid groups (broad SMARTS) is 3. The Bertz CT molecular complexity index is 926. The normalized spacial score (nSPS) is 9.92. The maximum atomic E-state index is 11.3. The molecule has 20 nitrogen and oxygen atoms in total. The molecule has 0 aromatic carbocycles. The van der Waals surface area contributed by atoms with E-state index in [1.54, 1.807) is 0 Å². The molecule has 0 aromatic rings. The molecule has 0 aromatic heterocycles. The Kier molecular flexibility index (Phi) is 41.9. The zero-order chi connectivity index (χ0) is 42.6. The number of carboxylic acids is 3. The largest absolute Gasteiger partial charge is 0.478 e.